The topological polar surface area (TPSA) is 90.1 Å². The molecule has 2 rings (SSSR count). The van der Waals surface area contributed by atoms with Gasteiger partial charge in [-0.3, -0.25) is 19.6 Å². The Morgan fingerprint density at radius 1 is 1.43 bits per heavy atom. The molecule has 2 aromatic rings. The molecule has 0 saturated heterocycles. The highest BCUT2D eigenvalue weighted by molar-refractivity contribution is 5.95. The molecule has 0 fully saturated rings. The number of benzene rings is 1. The van der Waals surface area contributed by atoms with E-state index in [1.807, 2.05) is 31.6 Å². The quantitative estimate of drug-likeness (QED) is 0.678. The Morgan fingerprint density at radius 3 is 2.65 bits per heavy atom. The Bertz CT molecular complexity index is 752. The summed E-state index contributed by atoms with van der Waals surface area (Å²) in [7, 11) is 0. The third-order valence-electron chi connectivity index (χ3n) is 3.78. The van der Waals surface area contributed by atoms with Crippen molar-refractivity contribution in [2.45, 2.75) is 40.3 Å². The summed E-state index contributed by atoms with van der Waals surface area (Å²) < 4.78 is 1.82. The number of nitro benzene ring substituents is 1. The third-order valence-corrected chi connectivity index (χ3v) is 3.78. The average molecular weight is 316 g/mol. The third kappa shape index (κ3) is 3.56. The number of hydrogen-bond acceptors (Lipinski definition) is 4. The molecule has 1 atom stereocenters. The molecular formula is C16H20N4O3. The Labute approximate surface area is 134 Å². The van der Waals surface area contributed by atoms with Crippen molar-refractivity contribution in [3.63, 3.8) is 0 Å². The van der Waals surface area contributed by atoms with Crippen molar-refractivity contribution in [2.75, 3.05) is 0 Å². The van der Waals surface area contributed by atoms with Crippen LogP contribution in [0.3, 0.4) is 0 Å². The summed E-state index contributed by atoms with van der Waals surface area (Å²) in [5.41, 5.74) is 2.71. The molecule has 0 radical (unpaired) electrons. The first-order chi connectivity index (χ1) is 10.8. The van der Waals surface area contributed by atoms with Gasteiger partial charge in [0.2, 0.25) is 0 Å². The number of amides is 1. The van der Waals surface area contributed by atoms with E-state index in [4.69, 9.17) is 0 Å². The van der Waals surface area contributed by atoms with E-state index in [0.717, 1.165) is 17.8 Å². The lowest BCUT2D eigenvalue weighted by molar-refractivity contribution is -0.385. The van der Waals surface area contributed by atoms with Gasteiger partial charge in [0, 0.05) is 35.5 Å². The summed E-state index contributed by atoms with van der Waals surface area (Å²) in [6, 6.07) is 4.16. The Kier molecular flexibility index (Phi) is 4.78. The molecule has 0 aliphatic carbocycles. The van der Waals surface area contributed by atoms with Crippen LogP contribution in [0.5, 0.6) is 0 Å². The molecule has 0 aliphatic rings. The zero-order chi connectivity index (χ0) is 17.1. The van der Waals surface area contributed by atoms with E-state index in [9.17, 15) is 14.9 Å². The maximum absolute atomic E-state index is 12.3. The van der Waals surface area contributed by atoms with Crippen LogP contribution in [0, 0.1) is 24.0 Å². The fourth-order valence-electron chi connectivity index (χ4n) is 2.48. The second-order valence-corrected chi connectivity index (χ2v) is 5.48. The number of rotatable bonds is 5. The minimum atomic E-state index is -0.456. The van der Waals surface area contributed by atoms with Gasteiger partial charge in [-0.15, -0.1) is 0 Å². The molecule has 1 aromatic heterocycles. The summed E-state index contributed by atoms with van der Waals surface area (Å²) in [6.07, 6.45) is 1.92. The Balaban J connectivity index is 2.16. The average Bonchev–Trinajstić information content (AvgIpc) is 2.87. The summed E-state index contributed by atoms with van der Waals surface area (Å²) in [4.78, 5) is 22.7. The molecule has 1 N–H and O–H groups in total. The highest BCUT2D eigenvalue weighted by atomic mass is 16.6. The van der Waals surface area contributed by atoms with E-state index in [-0.39, 0.29) is 17.6 Å². The highest BCUT2D eigenvalue weighted by Crippen LogP contribution is 2.20. The van der Waals surface area contributed by atoms with E-state index in [2.05, 4.69) is 10.4 Å². The minimum Gasteiger partial charge on any atom is -0.345 e. The smallest absolute Gasteiger partial charge is 0.272 e. The van der Waals surface area contributed by atoms with Gasteiger partial charge in [-0.05, 0) is 39.8 Å². The van der Waals surface area contributed by atoms with Gasteiger partial charge in [0.05, 0.1) is 16.7 Å². The van der Waals surface area contributed by atoms with Crippen molar-refractivity contribution >= 4 is 11.6 Å². The number of nitrogens with zero attached hydrogens (tertiary/aromatic N) is 3. The first-order valence-corrected chi connectivity index (χ1v) is 7.43. The van der Waals surface area contributed by atoms with E-state index in [0.29, 0.717) is 11.1 Å². The second-order valence-electron chi connectivity index (χ2n) is 5.48. The van der Waals surface area contributed by atoms with Crippen LogP contribution < -0.4 is 5.32 Å². The monoisotopic (exact) mass is 316 g/mol. The molecule has 0 saturated carbocycles. The SMILES string of the molecule is CCn1cc(C(C)NC(=O)c2ccc([N+](=O)[O-])c(C)c2)c(C)n1. The zero-order valence-electron chi connectivity index (χ0n) is 13.7. The van der Waals surface area contributed by atoms with Crippen LogP contribution >= 0.6 is 0 Å². The van der Waals surface area contributed by atoms with Gasteiger partial charge in [-0.25, -0.2) is 0 Å². The number of carbonyl (C=O) groups is 1. The fourth-order valence-corrected chi connectivity index (χ4v) is 2.48. The molecule has 7 nitrogen and oxygen atoms in total. The van der Waals surface area contributed by atoms with Crippen molar-refractivity contribution < 1.29 is 9.72 Å². The summed E-state index contributed by atoms with van der Waals surface area (Å²) in [5, 5.41) is 18.1. The van der Waals surface area contributed by atoms with E-state index in [1.165, 1.54) is 18.2 Å². The number of nitro groups is 1. The molecule has 0 aliphatic heterocycles. The summed E-state index contributed by atoms with van der Waals surface area (Å²) >= 11 is 0. The first kappa shape index (κ1) is 16.7. The van der Waals surface area contributed by atoms with Crippen molar-refractivity contribution in [1.82, 2.24) is 15.1 Å². The maximum Gasteiger partial charge on any atom is 0.272 e. The molecule has 7 heteroatoms. The molecular weight excluding hydrogens is 296 g/mol. The van der Waals surface area contributed by atoms with Gasteiger partial charge < -0.3 is 5.32 Å². The largest absolute Gasteiger partial charge is 0.345 e. The van der Waals surface area contributed by atoms with Crippen LogP contribution in [-0.2, 0) is 6.54 Å². The Morgan fingerprint density at radius 2 is 2.13 bits per heavy atom. The lowest BCUT2D eigenvalue weighted by Crippen LogP contribution is -2.27. The number of hydrogen-bond donors (Lipinski definition) is 1. The van der Waals surface area contributed by atoms with Gasteiger partial charge in [0.25, 0.3) is 11.6 Å². The van der Waals surface area contributed by atoms with Gasteiger partial charge >= 0.3 is 0 Å². The van der Waals surface area contributed by atoms with Gasteiger partial charge in [-0.1, -0.05) is 0 Å². The molecule has 0 spiro atoms. The van der Waals surface area contributed by atoms with Gasteiger partial charge in [0.1, 0.15) is 0 Å². The van der Waals surface area contributed by atoms with Crippen molar-refractivity contribution in [3.05, 3.63) is 56.9 Å². The summed E-state index contributed by atoms with van der Waals surface area (Å²) in [5.74, 6) is -0.265. The van der Waals surface area contributed by atoms with Gasteiger partial charge in [0.15, 0.2) is 0 Å². The zero-order valence-corrected chi connectivity index (χ0v) is 13.7. The molecule has 122 valence electrons. The van der Waals surface area contributed by atoms with Crippen molar-refractivity contribution in [3.8, 4) is 0 Å². The summed E-state index contributed by atoms with van der Waals surface area (Å²) in [6.45, 7) is 8.18. The fraction of sp³-hybridized carbons (Fsp3) is 0.375. The van der Waals surface area contributed by atoms with E-state index >= 15 is 0 Å². The van der Waals surface area contributed by atoms with Crippen LogP contribution in [0.1, 0.15) is 47.1 Å². The second kappa shape index (κ2) is 6.60. The van der Waals surface area contributed by atoms with Crippen LogP contribution in [-0.4, -0.2) is 20.6 Å². The van der Waals surface area contributed by atoms with Crippen LogP contribution in [0.2, 0.25) is 0 Å². The number of nitrogens with one attached hydrogen (secondary N) is 1. The standard InChI is InChI=1S/C16H20N4O3/c1-5-19-9-14(12(4)18-19)11(3)17-16(21)13-6-7-15(20(22)23)10(2)8-13/h6-9,11H,5H2,1-4H3,(H,17,21). The van der Waals surface area contributed by atoms with E-state index < -0.39 is 4.92 Å². The highest BCUT2D eigenvalue weighted by Gasteiger charge is 2.18. The molecule has 1 aromatic carbocycles. The van der Waals surface area contributed by atoms with Crippen LogP contribution in [0.25, 0.3) is 0 Å². The minimum absolute atomic E-state index is 0.00895. The van der Waals surface area contributed by atoms with Crippen molar-refractivity contribution in [2.24, 2.45) is 0 Å². The van der Waals surface area contributed by atoms with Gasteiger partial charge in [-0.2, -0.15) is 5.10 Å². The lowest BCUT2D eigenvalue weighted by atomic mass is 10.1. The predicted molar refractivity (Wildman–Crippen MR) is 86.4 cm³/mol. The Hall–Kier alpha value is -2.70. The number of aryl methyl sites for hydroxylation is 3. The lowest BCUT2D eigenvalue weighted by Gasteiger charge is -2.13. The number of carbonyl (C=O) groups excluding carboxylic acids is 1. The first-order valence-electron chi connectivity index (χ1n) is 7.43. The molecule has 1 unspecified atom stereocenters. The maximum atomic E-state index is 12.3. The van der Waals surface area contributed by atoms with Crippen molar-refractivity contribution in [1.29, 1.82) is 0 Å². The molecule has 23 heavy (non-hydrogen) atoms. The normalized spacial score (nSPS) is 12.0. The number of aromatic nitrogens is 2. The molecule has 1 amide bonds. The molecule has 0 bridgehead atoms. The van der Waals surface area contributed by atoms with Crippen LogP contribution in [0.15, 0.2) is 24.4 Å². The van der Waals surface area contributed by atoms with E-state index in [1.54, 1.807) is 6.92 Å². The molecule has 1 heterocycles. The predicted octanol–water partition coefficient (Wildman–Crippen LogP) is 2.92. The van der Waals surface area contributed by atoms with Crippen LogP contribution in [0.4, 0.5) is 5.69 Å².